The Kier molecular flexibility index (Phi) is 6.06. The van der Waals surface area contributed by atoms with Crippen molar-refractivity contribution in [3.8, 4) is 44.9 Å². The van der Waals surface area contributed by atoms with E-state index in [2.05, 4.69) is 146 Å². The third-order valence-corrected chi connectivity index (χ3v) is 11.1. The molecule has 1 aliphatic heterocycles. The fraction of sp³-hybridized carbons (Fsp3) is 0.0222. The van der Waals surface area contributed by atoms with Crippen LogP contribution >= 0.6 is 11.8 Å². The average molecular weight is 629 g/mol. The highest BCUT2D eigenvalue weighted by atomic mass is 32.2. The molecule has 1 spiro atoms. The third-order valence-electron chi connectivity index (χ3n) is 9.97. The summed E-state index contributed by atoms with van der Waals surface area (Å²) >= 11 is 1.88. The van der Waals surface area contributed by atoms with Gasteiger partial charge in [-0.15, -0.1) is 0 Å². The Morgan fingerprint density at radius 1 is 0.396 bits per heavy atom. The highest BCUT2D eigenvalue weighted by Crippen LogP contribution is 2.62. The smallest absolute Gasteiger partial charge is 0.160 e. The maximum Gasteiger partial charge on any atom is 0.160 e. The Hall–Kier alpha value is -5.77. The molecule has 48 heavy (non-hydrogen) atoms. The predicted octanol–water partition coefficient (Wildman–Crippen LogP) is 11.5. The van der Waals surface area contributed by atoms with Gasteiger partial charge in [0.1, 0.15) is 0 Å². The first-order valence-corrected chi connectivity index (χ1v) is 17.1. The van der Waals surface area contributed by atoms with Gasteiger partial charge in [0.05, 0.1) is 16.6 Å². The molecule has 2 aliphatic rings. The molecule has 8 aromatic rings. The van der Waals surface area contributed by atoms with Gasteiger partial charge in [-0.1, -0.05) is 157 Å². The van der Waals surface area contributed by atoms with Crippen LogP contribution in [-0.2, 0) is 5.41 Å². The van der Waals surface area contributed by atoms with Gasteiger partial charge >= 0.3 is 0 Å². The van der Waals surface area contributed by atoms with Gasteiger partial charge in [-0.2, -0.15) is 0 Å². The minimum absolute atomic E-state index is 0.381. The molecular formula is C45H28N2S. The van der Waals surface area contributed by atoms with E-state index in [4.69, 9.17) is 9.97 Å². The van der Waals surface area contributed by atoms with E-state index in [1.807, 2.05) is 36.0 Å². The van der Waals surface area contributed by atoms with E-state index in [-0.39, 0.29) is 5.41 Å². The molecule has 0 N–H and O–H groups in total. The normalized spacial score (nSPS) is 13.5. The zero-order valence-corrected chi connectivity index (χ0v) is 26.8. The number of aromatic nitrogens is 2. The molecule has 0 unspecified atom stereocenters. The maximum absolute atomic E-state index is 5.10. The number of hydrogen-bond acceptors (Lipinski definition) is 3. The van der Waals surface area contributed by atoms with Crippen LogP contribution in [-0.4, -0.2) is 9.97 Å². The lowest BCUT2D eigenvalue weighted by Gasteiger charge is -2.40. The van der Waals surface area contributed by atoms with Crippen LogP contribution < -0.4 is 0 Å². The van der Waals surface area contributed by atoms with Gasteiger partial charge in [0, 0.05) is 26.3 Å². The molecule has 0 amide bonds. The molecule has 0 saturated heterocycles. The van der Waals surface area contributed by atoms with Crippen LogP contribution in [0.3, 0.4) is 0 Å². The molecule has 0 saturated carbocycles. The second-order valence-corrected chi connectivity index (χ2v) is 13.6. The molecule has 1 aliphatic carbocycles. The van der Waals surface area contributed by atoms with E-state index in [0.29, 0.717) is 0 Å². The summed E-state index contributed by atoms with van der Waals surface area (Å²) in [7, 11) is 0. The number of benzene rings is 7. The summed E-state index contributed by atoms with van der Waals surface area (Å²) in [6.07, 6.45) is 0. The van der Waals surface area contributed by atoms with Crippen LogP contribution in [0, 0.1) is 0 Å². The Labute approximate surface area is 283 Å². The van der Waals surface area contributed by atoms with Crippen LogP contribution in [0.15, 0.2) is 180 Å². The van der Waals surface area contributed by atoms with Crippen molar-refractivity contribution in [3.63, 3.8) is 0 Å². The molecule has 10 rings (SSSR count). The van der Waals surface area contributed by atoms with Gasteiger partial charge in [0.25, 0.3) is 0 Å². The lowest BCUT2D eigenvalue weighted by molar-refractivity contribution is 0.723. The third kappa shape index (κ3) is 3.95. The number of nitrogens with zero attached hydrogens (tertiary/aromatic N) is 2. The first kappa shape index (κ1) is 27.4. The van der Waals surface area contributed by atoms with Gasteiger partial charge in [-0.05, 0) is 68.8 Å². The van der Waals surface area contributed by atoms with Crippen LogP contribution in [0.1, 0.15) is 22.3 Å². The molecule has 2 heterocycles. The van der Waals surface area contributed by atoms with E-state index < -0.39 is 0 Å². The molecule has 2 nitrogen and oxygen atoms in total. The molecule has 1 aromatic heterocycles. The Morgan fingerprint density at radius 2 is 0.979 bits per heavy atom. The first-order chi connectivity index (χ1) is 23.8. The molecule has 0 radical (unpaired) electrons. The van der Waals surface area contributed by atoms with E-state index in [0.717, 1.165) is 33.5 Å². The zero-order chi connectivity index (χ0) is 31.7. The van der Waals surface area contributed by atoms with Gasteiger partial charge in [-0.3, -0.25) is 0 Å². The Bertz CT molecular complexity index is 2490. The van der Waals surface area contributed by atoms with Gasteiger partial charge < -0.3 is 0 Å². The fourth-order valence-corrected chi connectivity index (χ4v) is 9.04. The fourth-order valence-electron chi connectivity index (χ4n) is 7.87. The van der Waals surface area contributed by atoms with Crippen molar-refractivity contribution in [2.24, 2.45) is 0 Å². The van der Waals surface area contributed by atoms with Crippen molar-refractivity contribution in [1.29, 1.82) is 0 Å². The van der Waals surface area contributed by atoms with Crippen LogP contribution in [0.4, 0.5) is 0 Å². The summed E-state index contributed by atoms with van der Waals surface area (Å²) in [5.41, 5.74) is 14.1. The van der Waals surface area contributed by atoms with E-state index in [9.17, 15) is 0 Å². The zero-order valence-electron chi connectivity index (χ0n) is 26.0. The summed E-state index contributed by atoms with van der Waals surface area (Å²) in [6.45, 7) is 0. The van der Waals surface area contributed by atoms with Gasteiger partial charge in [-0.25, -0.2) is 9.97 Å². The summed E-state index contributed by atoms with van der Waals surface area (Å²) in [6, 6.07) is 61.4. The lowest BCUT2D eigenvalue weighted by Crippen LogP contribution is -2.32. The van der Waals surface area contributed by atoms with E-state index >= 15 is 0 Å². The van der Waals surface area contributed by atoms with E-state index in [1.54, 1.807) is 0 Å². The molecule has 0 atom stereocenters. The second kappa shape index (κ2) is 10.6. The van der Waals surface area contributed by atoms with Crippen LogP contribution in [0.5, 0.6) is 0 Å². The van der Waals surface area contributed by atoms with Gasteiger partial charge in [0.2, 0.25) is 0 Å². The minimum atomic E-state index is -0.381. The quantitative estimate of drug-likeness (QED) is 0.195. The van der Waals surface area contributed by atoms with Crippen LogP contribution in [0.25, 0.3) is 55.8 Å². The van der Waals surface area contributed by atoms with Crippen molar-refractivity contribution in [2.45, 2.75) is 15.2 Å². The van der Waals surface area contributed by atoms with Crippen molar-refractivity contribution >= 4 is 22.7 Å². The SMILES string of the molecule is c1ccc(-c2nc(-c3ccc(-c4ccc5c(c4)C4(c6ccccc6S5)c5ccccc5-c5ccccc54)cc3)c3ccccc3n2)cc1. The average Bonchev–Trinajstić information content (AvgIpc) is 3.45. The predicted molar refractivity (Wildman–Crippen MR) is 197 cm³/mol. The molecule has 0 fully saturated rings. The highest BCUT2D eigenvalue weighted by molar-refractivity contribution is 7.99. The van der Waals surface area contributed by atoms with Crippen molar-refractivity contribution in [2.75, 3.05) is 0 Å². The van der Waals surface area contributed by atoms with Crippen molar-refractivity contribution in [3.05, 3.63) is 192 Å². The molecule has 0 bridgehead atoms. The van der Waals surface area contributed by atoms with Crippen molar-refractivity contribution < 1.29 is 0 Å². The molecular weight excluding hydrogens is 601 g/mol. The Balaban J connectivity index is 1.13. The summed E-state index contributed by atoms with van der Waals surface area (Å²) < 4.78 is 0. The number of para-hydroxylation sites is 1. The second-order valence-electron chi connectivity index (χ2n) is 12.5. The number of rotatable bonds is 3. The maximum atomic E-state index is 5.10. The molecule has 7 aromatic carbocycles. The highest BCUT2D eigenvalue weighted by Gasteiger charge is 2.50. The Morgan fingerprint density at radius 3 is 1.75 bits per heavy atom. The lowest BCUT2D eigenvalue weighted by atomic mass is 9.67. The van der Waals surface area contributed by atoms with Crippen molar-refractivity contribution in [1.82, 2.24) is 9.97 Å². The van der Waals surface area contributed by atoms with Gasteiger partial charge in [0.15, 0.2) is 5.82 Å². The summed E-state index contributed by atoms with van der Waals surface area (Å²) in [5.74, 6) is 0.739. The van der Waals surface area contributed by atoms with E-state index in [1.165, 1.54) is 54.3 Å². The summed E-state index contributed by atoms with van der Waals surface area (Å²) in [4.78, 5) is 12.6. The monoisotopic (exact) mass is 628 g/mol. The van der Waals surface area contributed by atoms with Crippen LogP contribution in [0.2, 0.25) is 0 Å². The molecule has 224 valence electrons. The summed E-state index contributed by atoms with van der Waals surface area (Å²) in [5, 5.41) is 1.05. The number of hydrogen-bond donors (Lipinski definition) is 0. The number of fused-ring (bicyclic) bond motifs is 10. The largest absolute Gasteiger partial charge is 0.228 e. The minimum Gasteiger partial charge on any atom is -0.228 e. The standard InChI is InChI=1S/C45H28N2S/c1-2-12-31(13-3-1)44-46-40-20-10-6-16-35(40)43(47-44)30-24-22-29(23-25-30)32-26-27-42-39(28-32)45(38-19-9-11-21-41(38)48-42)36-17-7-4-14-33(36)34-15-5-8-18-37(34)45/h1-28H. The topological polar surface area (TPSA) is 25.8 Å². The molecule has 3 heteroatoms. The first-order valence-electron chi connectivity index (χ1n) is 16.3.